The molecule has 0 unspecified atom stereocenters. The van der Waals surface area contributed by atoms with Gasteiger partial charge in [-0.3, -0.25) is 4.79 Å². The number of likely N-dealkylation sites (tertiary alicyclic amines) is 1. The molecule has 2 heterocycles. The Morgan fingerprint density at radius 1 is 1.17 bits per heavy atom. The van der Waals surface area contributed by atoms with Crippen LogP contribution in [0.2, 0.25) is 0 Å². The Labute approximate surface area is 181 Å². The Bertz CT molecular complexity index is 611. The maximum absolute atomic E-state index is 13.2. The Kier molecular flexibility index (Phi) is 8.92. The van der Waals surface area contributed by atoms with Crippen molar-refractivity contribution in [2.24, 2.45) is 5.41 Å². The van der Waals surface area contributed by atoms with E-state index in [-0.39, 0.29) is 17.4 Å². The fourth-order valence-electron chi connectivity index (χ4n) is 3.92. The third-order valence-electron chi connectivity index (χ3n) is 5.92. The molecule has 0 aromatic carbocycles. The molecule has 170 valence electrons. The number of piperidine rings is 1. The predicted molar refractivity (Wildman–Crippen MR) is 116 cm³/mol. The number of carbonyl (C=O) groups is 2. The van der Waals surface area contributed by atoms with Crippen molar-refractivity contribution in [2.75, 3.05) is 45.9 Å². The van der Waals surface area contributed by atoms with E-state index in [1.165, 1.54) is 0 Å². The average Bonchev–Trinajstić information content (AvgIpc) is 2.72. The van der Waals surface area contributed by atoms with Gasteiger partial charge in [0, 0.05) is 26.2 Å². The van der Waals surface area contributed by atoms with E-state index in [1.807, 2.05) is 0 Å². The van der Waals surface area contributed by atoms with Crippen molar-refractivity contribution in [2.45, 2.75) is 71.4 Å². The summed E-state index contributed by atoms with van der Waals surface area (Å²) in [5.74, 6) is -0.258. The quantitative estimate of drug-likeness (QED) is 0.656. The average molecular weight is 422 g/mol. The molecule has 3 amide bonds. The fourth-order valence-corrected chi connectivity index (χ4v) is 3.92. The van der Waals surface area contributed by atoms with Gasteiger partial charge in [0.1, 0.15) is 11.6 Å². The SMILES string of the molecule is CCCN1CCC(C#N)(NC(=O)[C@H](CCC(C)(C)C)NC(=O)N2CCOCC2)CC1. The zero-order valence-corrected chi connectivity index (χ0v) is 19.1. The first-order valence-corrected chi connectivity index (χ1v) is 11.3. The highest BCUT2D eigenvalue weighted by atomic mass is 16.5. The molecule has 8 heteroatoms. The van der Waals surface area contributed by atoms with Gasteiger partial charge in [-0.25, -0.2) is 4.79 Å². The highest BCUT2D eigenvalue weighted by molar-refractivity contribution is 5.87. The summed E-state index contributed by atoms with van der Waals surface area (Å²) >= 11 is 0. The minimum atomic E-state index is -0.856. The van der Waals surface area contributed by atoms with E-state index in [2.05, 4.69) is 49.3 Å². The lowest BCUT2D eigenvalue weighted by Crippen LogP contribution is -2.60. The predicted octanol–water partition coefficient (Wildman–Crippen LogP) is 2.11. The summed E-state index contributed by atoms with van der Waals surface area (Å²) in [7, 11) is 0. The molecule has 0 bridgehead atoms. The van der Waals surface area contributed by atoms with E-state index in [0.29, 0.717) is 45.6 Å². The van der Waals surface area contributed by atoms with E-state index >= 15 is 0 Å². The Hall–Kier alpha value is -1.85. The van der Waals surface area contributed by atoms with Crippen LogP contribution >= 0.6 is 0 Å². The van der Waals surface area contributed by atoms with E-state index in [0.717, 1.165) is 32.5 Å². The van der Waals surface area contributed by atoms with Crippen LogP contribution in [-0.2, 0) is 9.53 Å². The molecule has 2 fully saturated rings. The highest BCUT2D eigenvalue weighted by Gasteiger charge is 2.38. The third-order valence-corrected chi connectivity index (χ3v) is 5.92. The first-order chi connectivity index (χ1) is 14.2. The first-order valence-electron chi connectivity index (χ1n) is 11.3. The molecule has 0 saturated carbocycles. The number of nitrogens with zero attached hydrogens (tertiary/aromatic N) is 3. The largest absolute Gasteiger partial charge is 0.378 e. The molecule has 2 N–H and O–H groups in total. The van der Waals surface area contributed by atoms with Gasteiger partial charge in [-0.2, -0.15) is 5.26 Å². The van der Waals surface area contributed by atoms with Gasteiger partial charge in [-0.15, -0.1) is 0 Å². The van der Waals surface area contributed by atoms with Crippen molar-refractivity contribution in [1.82, 2.24) is 20.4 Å². The highest BCUT2D eigenvalue weighted by Crippen LogP contribution is 2.24. The van der Waals surface area contributed by atoms with Crippen LogP contribution < -0.4 is 10.6 Å². The van der Waals surface area contributed by atoms with E-state index < -0.39 is 11.6 Å². The van der Waals surface area contributed by atoms with E-state index in [1.54, 1.807) is 4.90 Å². The molecule has 30 heavy (non-hydrogen) atoms. The summed E-state index contributed by atoms with van der Waals surface area (Å²) in [5.41, 5.74) is -0.814. The van der Waals surface area contributed by atoms with Crippen LogP contribution in [0.15, 0.2) is 0 Å². The lowest BCUT2D eigenvalue weighted by Gasteiger charge is -2.38. The number of urea groups is 1. The van der Waals surface area contributed by atoms with Crippen molar-refractivity contribution >= 4 is 11.9 Å². The van der Waals surface area contributed by atoms with Gasteiger partial charge in [0.05, 0.1) is 19.3 Å². The molecule has 0 aromatic rings. The molecular formula is C22H39N5O3. The number of amides is 3. The third kappa shape index (κ3) is 7.44. The van der Waals surface area contributed by atoms with E-state index in [4.69, 9.17) is 4.74 Å². The van der Waals surface area contributed by atoms with Crippen LogP contribution in [0.25, 0.3) is 0 Å². The van der Waals surface area contributed by atoms with Gasteiger partial charge in [-0.1, -0.05) is 27.7 Å². The molecule has 2 rings (SSSR count). The van der Waals surface area contributed by atoms with Crippen LogP contribution in [-0.4, -0.2) is 79.3 Å². The number of carbonyl (C=O) groups excluding carboxylic acids is 2. The van der Waals surface area contributed by atoms with Gasteiger partial charge >= 0.3 is 6.03 Å². The number of nitrogens with one attached hydrogen (secondary N) is 2. The lowest BCUT2D eigenvalue weighted by molar-refractivity contribution is -0.125. The molecule has 0 radical (unpaired) electrons. The second-order valence-electron chi connectivity index (χ2n) is 9.73. The Morgan fingerprint density at radius 2 is 1.80 bits per heavy atom. The van der Waals surface area contributed by atoms with E-state index in [9.17, 15) is 14.9 Å². The number of nitriles is 1. The molecule has 2 saturated heterocycles. The maximum Gasteiger partial charge on any atom is 0.318 e. The normalized spacial score (nSPS) is 20.8. The van der Waals surface area contributed by atoms with Crippen LogP contribution in [0.1, 0.15) is 59.8 Å². The smallest absolute Gasteiger partial charge is 0.318 e. The monoisotopic (exact) mass is 421 g/mol. The number of rotatable bonds is 7. The van der Waals surface area contributed by atoms with Crippen molar-refractivity contribution in [1.29, 1.82) is 5.26 Å². The lowest BCUT2D eigenvalue weighted by atomic mass is 9.86. The van der Waals surface area contributed by atoms with Crippen molar-refractivity contribution in [3.63, 3.8) is 0 Å². The standard InChI is InChI=1S/C22H39N5O3/c1-5-10-26-11-8-22(17-23,9-12-26)25-19(28)18(6-7-21(2,3)4)24-20(29)27-13-15-30-16-14-27/h18H,5-16H2,1-4H3,(H,24,29)(H,25,28)/t18-/m0/s1. The van der Waals surface area contributed by atoms with Gasteiger partial charge in [-0.05, 0) is 44.1 Å². The molecular weight excluding hydrogens is 382 g/mol. The zero-order valence-electron chi connectivity index (χ0n) is 19.1. The Morgan fingerprint density at radius 3 is 2.33 bits per heavy atom. The van der Waals surface area contributed by atoms with Crippen LogP contribution in [0.4, 0.5) is 4.79 Å². The topological polar surface area (TPSA) is 97.7 Å². The molecule has 2 aliphatic rings. The summed E-state index contributed by atoms with van der Waals surface area (Å²) in [6.45, 7) is 13.2. The number of hydrogen-bond donors (Lipinski definition) is 2. The van der Waals surface area contributed by atoms with Gasteiger partial charge in [0.25, 0.3) is 0 Å². The number of morpholine rings is 1. The summed E-state index contributed by atoms with van der Waals surface area (Å²) < 4.78 is 5.31. The second kappa shape index (κ2) is 11.0. The molecule has 0 spiro atoms. The van der Waals surface area contributed by atoms with Crippen molar-refractivity contribution < 1.29 is 14.3 Å². The number of hydrogen-bond acceptors (Lipinski definition) is 5. The van der Waals surface area contributed by atoms with Crippen LogP contribution in [0.5, 0.6) is 0 Å². The van der Waals surface area contributed by atoms with Gasteiger partial charge < -0.3 is 25.2 Å². The maximum atomic E-state index is 13.2. The molecule has 1 atom stereocenters. The number of ether oxygens (including phenoxy) is 1. The Balaban J connectivity index is 2.03. The van der Waals surface area contributed by atoms with Gasteiger partial charge in [0.2, 0.25) is 5.91 Å². The minimum Gasteiger partial charge on any atom is -0.378 e. The minimum absolute atomic E-state index is 0.0423. The first kappa shape index (κ1) is 24.4. The van der Waals surface area contributed by atoms with Crippen molar-refractivity contribution in [3.8, 4) is 6.07 Å². The molecule has 2 aliphatic heterocycles. The van der Waals surface area contributed by atoms with Crippen LogP contribution in [0, 0.1) is 16.7 Å². The second-order valence-corrected chi connectivity index (χ2v) is 9.73. The molecule has 8 nitrogen and oxygen atoms in total. The molecule has 0 aliphatic carbocycles. The van der Waals surface area contributed by atoms with Gasteiger partial charge in [0.15, 0.2) is 0 Å². The summed E-state index contributed by atoms with van der Waals surface area (Å²) in [6, 6.07) is 1.46. The fraction of sp³-hybridized carbons (Fsp3) is 0.864. The summed E-state index contributed by atoms with van der Waals surface area (Å²) in [6.07, 6.45) is 3.62. The molecule has 0 aromatic heterocycles. The zero-order chi connectivity index (χ0) is 22.2. The summed E-state index contributed by atoms with van der Waals surface area (Å²) in [4.78, 5) is 29.9. The van der Waals surface area contributed by atoms with Crippen molar-refractivity contribution in [3.05, 3.63) is 0 Å². The van der Waals surface area contributed by atoms with Crippen LogP contribution in [0.3, 0.4) is 0 Å². The summed E-state index contributed by atoms with van der Waals surface area (Å²) in [5, 5.41) is 15.8.